The van der Waals surface area contributed by atoms with Crippen LogP contribution >= 0.6 is 31.9 Å². The lowest BCUT2D eigenvalue weighted by atomic mass is 9.91. The standard InChI is InChI=1S/C28H28Br2F3N5O7/c1-12(40)36-9-20(21(41)10-36)38(16-6-14(29)5-15(30)7-16)28(43)27-26(44-2)24(25(42)22(11-39)45-27)37-8-19(34-35-37)13-3-17(31)23(33)18(32)4-13/h3-8,20-22,24-27,39,41-42H,9-11H2,1-2H3/t20-,21-,22?,24?,25?,26?,27?/m0/s1. The maximum Gasteiger partial charge on any atom is 0.259 e. The molecule has 2 saturated heterocycles. The summed E-state index contributed by atoms with van der Waals surface area (Å²) in [6, 6.07) is 4.33. The van der Waals surface area contributed by atoms with Gasteiger partial charge in [-0.1, -0.05) is 37.1 Å². The van der Waals surface area contributed by atoms with Crippen LogP contribution in [0.25, 0.3) is 11.3 Å². The van der Waals surface area contributed by atoms with Crippen LogP contribution in [0.3, 0.4) is 0 Å². The molecule has 3 N–H and O–H groups in total. The van der Waals surface area contributed by atoms with Crippen LogP contribution in [0.1, 0.15) is 13.0 Å². The Bertz CT molecular complexity index is 1560. The molecular weight excluding hydrogens is 735 g/mol. The molecule has 2 fully saturated rings. The predicted molar refractivity (Wildman–Crippen MR) is 158 cm³/mol. The number of carbonyl (C=O) groups is 2. The minimum Gasteiger partial charge on any atom is -0.394 e. The van der Waals surface area contributed by atoms with Gasteiger partial charge in [0.2, 0.25) is 5.91 Å². The van der Waals surface area contributed by atoms with Gasteiger partial charge in [0.25, 0.3) is 5.91 Å². The zero-order chi connectivity index (χ0) is 32.7. The average molecular weight is 763 g/mol. The number of aromatic nitrogens is 3. The molecule has 0 radical (unpaired) electrons. The molecule has 12 nitrogen and oxygen atoms in total. The topological polar surface area (TPSA) is 150 Å². The number of aliphatic hydroxyl groups is 3. The number of rotatable bonds is 7. The number of likely N-dealkylation sites (tertiary alicyclic amines) is 1. The Balaban J connectivity index is 1.56. The van der Waals surface area contributed by atoms with Crippen molar-refractivity contribution in [1.82, 2.24) is 19.9 Å². The highest BCUT2D eigenvalue weighted by atomic mass is 79.9. The van der Waals surface area contributed by atoms with E-state index in [4.69, 9.17) is 9.47 Å². The molecule has 0 spiro atoms. The lowest BCUT2D eigenvalue weighted by molar-refractivity contribution is -0.211. The summed E-state index contributed by atoms with van der Waals surface area (Å²) in [6.45, 7) is 0.607. The number of nitrogens with zero attached hydrogens (tertiary/aromatic N) is 5. The lowest BCUT2D eigenvalue weighted by Crippen LogP contribution is -2.63. The van der Waals surface area contributed by atoms with Gasteiger partial charge in [0.1, 0.15) is 30.0 Å². The number of β-amino-alcohol motifs (C(OH)–C–C–N with tert-alkyl or cyclic N) is 1. The van der Waals surface area contributed by atoms with E-state index >= 15 is 0 Å². The van der Waals surface area contributed by atoms with Gasteiger partial charge in [0.05, 0.1) is 24.9 Å². The molecule has 3 aromatic rings. The number of hydrogen-bond donors (Lipinski definition) is 3. The minimum atomic E-state index is -1.65. The Kier molecular flexibility index (Phi) is 9.98. The van der Waals surface area contributed by atoms with E-state index in [1.54, 1.807) is 18.2 Å². The summed E-state index contributed by atoms with van der Waals surface area (Å²) in [6.07, 6.45) is -5.55. The lowest BCUT2D eigenvalue weighted by Gasteiger charge is -2.45. The van der Waals surface area contributed by atoms with Crippen molar-refractivity contribution in [2.75, 3.05) is 31.7 Å². The molecule has 7 atom stereocenters. The van der Waals surface area contributed by atoms with Gasteiger partial charge in [-0.25, -0.2) is 17.9 Å². The number of ether oxygens (including phenoxy) is 2. The van der Waals surface area contributed by atoms with Crippen molar-refractivity contribution < 1.29 is 47.6 Å². The second kappa shape index (κ2) is 13.4. The van der Waals surface area contributed by atoms with Gasteiger partial charge in [-0.2, -0.15) is 0 Å². The number of halogens is 5. The fraction of sp³-hybridized carbons (Fsp3) is 0.429. The van der Waals surface area contributed by atoms with E-state index in [2.05, 4.69) is 42.2 Å². The van der Waals surface area contributed by atoms with Crippen molar-refractivity contribution in [3.8, 4) is 11.3 Å². The normalized spacial score (nSPS) is 26.7. The molecule has 5 rings (SSSR count). The molecule has 0 saturated carbocycles. The van der Waals surface area contributed by atoms with Gasteiger partial charge < -0.3 is 34.6 Å². The first-order chi connectivity index (χ1) is 21.3. The number of methoxy groups -OCH3 is 1. The van der Waals surface area contributed by atoms with E-state index in [0.29, 0.717) is 14.6 Å². The van der Waals surface area contributed by atoms with Gasteiger partial charge in [-0.15, -0.1) is 5.10 Å². The third-order valence-electron chi connectivity index (χ3n) is 7.88. The van der Waals surface area contributed by atoms with Crippen LogP contribution in [0.5, 0.6) is 0 Å². The maximum atomic E-state index is 14.5. The number of benzene rings is 2. The summed E-state index contributed by atoms with van der Waals surface area (Å²) in [4.78, 5) is 29.4. The monoisotopic (exact) mass is 761 g/mol. The van der Waals surface area contributed by atoms with Crippen molar-refractivity contribution in [2.24, 2.45) is 0 Å². The number of hydrogen-bond acceptors (Lipinski definition) is 9. The first kappa shape index (κ1) is 33.4. The molecule has 1 aromatic heterocycles. The van der Waals surface area contributed by atoms with Crippen molar-refractivity contribution in [2.45, 2.75) is 49.5 Å². The van der Waals surface area contributed by atoms with Gasteiger partial charge >= 0.3 is 0 Å². The second-order valence-corrected chi connectivity index (χ2v) is 12.5. The molecule has 3 heterocycles. The van der Waals surface area contributed by atoms with E-state index in [0.717, 1.165) is 16.8 Å². The molecular formula is C28H28Br2F3N5O7. The molecule has 2 aromatic carbocycles. The number of carbonyl (C=O) groups excluding carboxylic acids is 2. The quantitative estimate of drug-likeness (QED) is 0.308. The third kappa shape index (κ3) is 6.52. The molecule has 17 heteroatoms. The molecule has 2 amide bonds. The number of aliphatic hydroxyl groups excluding tert-OH is 3. The van der Waals surface area contributed by atoms with Crippen LogP contribution < -0.4 is 4.90 Å². The van der Waals surface area contributed by atoms with Crippen molar-refractivity contribution in [3.05, 3.63) is 62.9 Å². The summed E-state index contributed by atoms with van der Waals surface area (Å²) in [5.41, 5.74) is 0.112. The zero-order valence-corrected chi connectivity index (χ0v) is 26.9. The fourth-order valence-corrected chi connectivity index (χ4v) is 6.96. The Labute approximate surface area is 271 Å². The smallest absolute Gasteiger partial charge is 0.259 e. The molecule has 242 valence electrons. The van der Waals surface area contributed by atoms with Crippen LogP contribution in [-0.2, 0) is 19.1 Å². The predicted octanol–water partition coefficient (Wildman–Crippen LogP) is 2.19. The SMILES string of the molecule is COC1C(C(=O)N(c2cc(Br)cc(Br)c2)[C@H]2CN(C(C)=O)C[C@@H]2O)OC(CO)C(O)C1n1cc(-c2cc(F)c(F)c(F)c2)nn1. The highest BCUT2D eigenvalue weighted by Gasteiger charge is 2.52. The largest absolute Gasteiger partial charge is 0.394 e. The van der Waals surface area contributed by atoms with Crippen LogP contribution in [0.15, 0.2) is 45.5 Å². The number of anilines is 1. The fourth-order valence-electron chi connectivity index (χ4n) is 5.70. The van der Waals surface area contributed by atoms with Crippen molar-refractivity contribution >= 4 is 49.4 Å². The minimum absolute atomic E-state index is 0.00342. The Hall–Kier alpha value is -2.93. The molecule has 0 bridgehead atoms. The van der Waals surface area contributed by atoms with Crippen molar-refractivity contribution in [1.29, 1.82) is 0 Å². The molecule has 45 heavy (non-hydrogen) atoms. The highest BCUT2D eigenvalue weighted by Crippen LogP contribution is 2.37. The van der Waals surface area contributed by atoms with Crippen LogP contribution in [0.4, 0.5) is 18.9 Å². The first-order valence-electron chi connectivity index (χ1n) is 13.6. The zero-order valence-electron chi connectivity index (χ0n) is 23.7. The van der Waals surface area contributed by atoms with Gasteiger partial charge in [-0.05, 0) is 30.3 Å². The maximum absolute atomic E-state index is 14.5. The summed E-state index contributed by atoms with van der Waals surface area (Å²) in [5.74, 6) is -5.56. The van der Waals surface area contributed by atoms with Crippen LogP contribution in [0.2, 0.25) is 0 Å². The van der Waals surface area contributed by atoms with Gasteiger partial charge in [-0.3, -0.25) is 9.59 Å². The van der Waals surface area contributed by atoms with Crippen LogP contribution in [0, 0.1) is 17.5 Å². The van der Waals surface area contributed by atoms with E-state index in [9.17, 15) is 38.1 Å². The summed E-state index contributed by atoms with van der Waals surface area (Å²) in [5, 5.41) is 40.3. The molecule has 2 aliphatic heterocycles. The van der Waals surface area contributed by atoms with E-state index in [1.807, 2.05) is 0 Å². The summed E-state index contributed by atoms with van der Waals surface area (Å²) >= 11 is 6.82. The van der Waals surface area contributed by atoms with Crippen LogP contribution in [-0.4, -0.2) is 110 Å². The summed E-state index contributed by atoms with van der Waals surface area (Å²) in [7, 11) is 1.26. The van der Waals surface area contributed by atoms with E-state index in [-0.39, 0.29) is 30.3 Å². The van der Waals surface area contributed by atoms with E-state index in [1.165, 1.54) is 30.0 Å². The Morgan fingerprint density at radius 1 is 1.09 bits per heavy atom. The van der Waals surface area contributed by atoms with Gasteiger partial charge in [0, 0.05) is 47.3 Å². The highest BCUT2D eigenvalue weighted by molar-refractivity contribution is 9.11. The van der Waals surface area contributed by atoms with E-state index < -0.39 is 72.6 Å². The second-order valence-electron chi connectivity index (χ2n) is 10.7. The van der Waals surface area contributed by atoms with Gasteiger partial charge in [0.15, 0.2) is 23.6 Å². The molecule has 0 aliphatic carbocycles. The molecule has 5 unspecified atom stereocenters. The first-order valence-corrected chi connectivity index (χ1v) is 15.2. The Morgan fingerprint density at radius 2 is 1.73 bits per heavy atom. The number of amides is 2. The van der Waals surface area contributed by atoms with Crippen molar-refractivity contribution in [3.63, 3.8) is 0 Å². The summed E-state index contributed by atoms with van der Waals surface area (Å²) < 4.78 is 55.3. The third-order valence-corrected chi connectivity index (χ3v) is 8.79. The average Bonchev–Trinajstić information content (AvgIpc) is 3.62. The Morgan fingerprint density at radius 3 is 2.29 bits per heavy atom. The molecule has 2 aliphatic rings.